The molecular weight excluding hydrogens is 560 g/mol. The van der Waals surface area contributed by atoms with Crippen LogP contribution in [0.4, 0.5) is 0 Å². The van der Waals surface area contributed by atoms with Gasteiger partial charge in [-0.15, -0.1) is 0 Å². The van der Waals surface area contributed by atoms with Crippen molar-refractivity contribution in [1.29, 1.82) is 0 Å². The van der Waals surface area contributed by atoms with E-state index in [1.165, 1.54) is 43.0 Å². The number of hydrogen-bond donors (Lipinski definition) is 0. The minimum atomic E-state index is -2.13. The average Bonchev–Trinajstić information content (AvgIpc) is 3.41. The van der Waals surface area contributed by atoms with Crippen molar-refractivity contribution in [3.05, 3.63) is 134 Å². The van der Waals surface area contributed by atoms with Crippen molar-refractivity contribution in [2.45, 2.75) is 0 Å². The Morgan fingerprint density at radius 2 is 1.31 bits per heavy atom. The number of pyridine rings is 2. The minimum absolute atomic E-state index is 0.989. The van der Waals surface area contributed by atoms with Gasteiger partial charge in [0, 0.05) is 0 Å². The second-order valence-electron chi connectivity index (χ2n) is 9.86. The first-order chi connectivity index (χ1) is 19.2. The first-order valence-corrected chi connectivity index (χ1v) is 16.9. The standard InChI is InChI=1S/C34H22N3PSe/c39-38(27-10-7-19-35-22-27,25-16-15-23-8-1-2-9-24(23)20-25)26-17-18-28-29-11-3-5-13-32(29)37-33-14-6-4-12-31(33)36-34(37)30(28)21-26/h1-22H. The van der Waals surface area contributed by atoms with E-state index in [9.17, 15) is 0 Å². The van der Waals surface area contributed by atoms with Gasteiger partial charge in [-0.1, -0.05) is 0 Å². The van der Waals surface area contributed by atoms with Crippen molar-refractivity contribution in [3.8, 4) is 0 Å². The number of rotatable bonds is 3. The number of imidazole rings is 1. The number of hydrogen-bond acceptors (Lipinski definition) is 2. The summed E-state index contributed by atoms with van der Waals surface area (Å²) >= 11 is 3.72. The van der Waals surface area contributed by atoms with Gasteiger partial charge in [-0.05, 0) is 0 Å². The van der Waals surface area contributed by atoms with Gasteiger partial charge in [0.05, 0.1) is 0 Å². The van der Waals surface area contributed by atoms with E-state index in [1.54, 1.807) is 0 Å². The molecule has 3 heterocycles. The first-order valence-electron chi connectivity index (χ1n) is 12.9. The molecule has 0 aliphatic rings. The Kier molecular flexibility index (Phi) is 5.12. The summed E-state index contributed by atoms with van der Waals surface area (Å²) in [6.45, 7) is 0. The molecule has 1 atom stereocenters. The SMILES string of the molecule is [Se]=P(c1cccnc1)(c1ccc2ccccc2c1)c1ccc2c3ccccc3n3c4ccccc4nc3c2c1. The molecule has 0 fully saturated rings. The molecule has 184 valence electrons. The van der Waals surface area contributed by atoms with Crippen molar-refractivity contribution >= 4 is 85.6 Å². The first kappa shape index (κ1) is 22.9. The molecule has 0 spiro atoms. The van der Waals surface area contributed by atoms with Crippen molar-refractivity contribution in [2.75, 3.05) is 0 Å². The van der Waals surface area contributed by atoms with Crippen LogP contribution in [-0.2, 0) is 0 Å². The van der Waals surface area contributed by atoms with E-state index in [1.807, 2.05) is 18.5 Å². The summed E-state index contributed by atoms with van der Waals surface area (Å²) < 4.78 is 2.32. The van der Waals surface area contributed by atoms with E-state index in [4.69, 9.17) is 4.98 Å². The number of nitrogens with zero attached hydrogens (tertiary/aromatic N) is 3. The predicted molar refractivity (Wildman–Crippen MR) is 167 cm³/mol. The number of fused-ring (bicyclic) bond motifs is 9. The number of para-hydroxylation sites is 3. The fourth-order valence-corrected chi connectivity index (χ4v) is 10.6. The molecular formula is C34H22N3PSe. The molecule has 0 saturated carbocycles. The van der Waals surface area contributed by atoms with Gasteiger partial charge in [0.1, 0.15) is 0 Å². The van der Waals surface area contributed by atoms with Gasteiger partial charge in [-0.25, -0.2) is 0 Å². The van der Waals surface area contributed by atoms with Crippen LogP contribution < -0.4 is 15.9 Å². The van der Waals surface area contributed by atoms with Crippen molar-refractivity contribution < 1.29 is 0 Å². The molecule has 1 unspecified atom stereocenters. The Morgan fingerprint density at radius 1 is 0.564 bits per heavy atom. The fourth-order valence-electron chi connectivity index (χ4n) is 5.85. The zero-order valence-corrected chi connectivity index (χ0v) is 23.5. The number of aromatic nitrogens is 3. The Labute approximate surface area is 233 Å². The van der Waals surface area contributed by atoms with Crippen LogP contribution in [0.1, 0.15) is 0 Å². The van der Waals surface area contributed by atoms with Gasteiger partial charge in [0.2, 0.25) is 0 Å². The maximum absolute atomic E-state index is 5.16. The Morgan fingerprint density at radius 3 is 2.18 bits per heavy atom. The van der Waals surface area contributed by atoms with Gasteiger partial charge in [0.25, 0.3) is 0 Å². The Bertz CT molecular complexity index is 2270. The van der Waals surface area contributed by atoms with Gasteiger partial charge in [-0.2, -0.15) is 0 Å². The van der Waals surface area contributed by atoms with Gasteiger partial charge < -0.3 is 0 Å². The molecule has 0 radical (unpaired) electrons. The summed E-state index contributed by atoms with van der Waals surface area (Å²) in [6, 6.07) is 43.7. The summed E-state index contributed by atoms with van der Waals surface area (Å²) in [5.41, 5.74) is 2.16. The van der Waals surface area contributed by atoms with Crippen molar-refractivity contribution in [3.63, 3.8) is 0 Å². The Hall–Kier alpha value is -4.07. The van der Waals surface area contributed by atoms with E-state index in [0.717, 1.165) is 22.1 Å². The van der Waals surface area contributed by atoms with Crippen LogP contribution in [-0.4, -0.2) is 29.5 Å². The summed E-state index contributed by atoms with van der Waals surface area (Å²) in [7, 11) is 0. The monoisotopic (exact) mass is 583 g/mol. The summed E-state index contributed by atoms with van der Waals surface area (Å²) in [6.07, 6.45) is 3.86. The normalized spacial score (nSPS) is 13.4. The molecule has 8 aromatic rings. The molecule has 0 amide bonds. The molecule has 3 aromatic heterocycles. The second-order valence-corrected chi connectivity index (χ2v) is 16.1. The molecule has 5 aromatic carbocycles. The van der Waals surface area contributed by atoms with E-state index < -0.39 is 5.51 Å². The molecule has 0 N–H and O–H groups in total. The van der Waals surface area contributed by atoms with Gasteiger partial charge in [-0.3, -0.25) is 0 Å². The van der Waals surface area contributed by atoms with Gasteiger partial charge >= 0.3 is 234 Å². The predicted octanol–water partition coefficient (Wildman–Crippen LogP) is 6.72. The molecule has 0 saturated heterocycles. The second kappa shape index (κ2) is 8.73. The third-order valence-corrected chi connectivity index (χ3v) is 14.7. The molecule has 0 aliphatic heterocycles. The van der Waals surface area contributed by atoms with Crippen LogP contribution in [0.5, 0.6) is 0 Å². The van der Waals surface area contributed by atoms with Crippen molar-refractivity contribution in [2.24, 2.45) is 0 Å². The van der Waals surface area contributed by atoms with Gasteiger partial charge in [0.15, 0.2) is 0 Å². The summed E-state index contributed by atoms with van der Waals surface area (Å²) in [4.78, 5) is 9.69. The third-order valence-electron chi connectivity index (χ3n) is 7.71. The topological polar surface area (TPSA) is 30.2 Å². The molecule has 8 rings (SSSR count). The molecule has 5 heteroatoms. The van der Waals surface area contributed by atoms with Crippen LogP contribution in [0.15, 0.2) is 134 Å². The molecule has 39 heavy (non-hydrogen) atoms. The van der Waals surface area contributed by atoms with Crippen LogP contribution in [0, 0.1) is 0 Å². The third kappa shape index (κ3) is 3.40. The average molecular weight is 583 g/mol. The Balaban J connectivity index is 1.49. The van der Waals surface area contributed by atoms with E-state index in [2.05, 4.69) is 140 Å². The van der Waals surface area contributed by atoms with Crippen molar-refractivity contribution in [1.82, 2.24) is 14.4 Å². The summed E-state index contributed by atoms with van der Waals surface area (Å²) in [5.74, 6) is 0. The van der Waals surface area contributed by atoms with Crippen LogP contribution >= 0.6 is 5.51 Å². The van der Waals surface area contributed by atoms with Crippen LogP contribution in [0.2, 0.25) is 0 Å². The zero-order valence-electron chi connectivity index (χ0n) is 20.9. The quantitative estimate of drug-likeness (QED) is 0.132. The molecule has 0 aliphatic carbocycles. The zero-order chi connectivity index (χ0) is 26.0. The summed E-state index contributed by atoms with van der Waals surface area (Å²) in [5, 5.41) is 9.86. The number of benzene rings is 5. The van der Waals surface area contributed by atoms with E-state index in [-0.39, 0.29) is 0 Å². The van der Waals surface area contributed by atoms with Crippen LogP contribution in [0.3, 0.4) is 0 Å². The fraction of sp³-hybridized carbons (Fsp3) is 0. The van der Waals surface area contributed by atoms with E-state index >= 15 is 0 Å². The van der Waals surface area contributed by atoms with E-state index in [0.29, 0.717) is 0 Å². The van der Waals surface area contributed by atoms with Crippen LogP contribution in [0.25, 0.3) is 49.1 Å². The molecule has 3 nitrogen and oxygen atoms in total. The molecule has 0 bridgehead atoms. The maximum atomic E-state index is 5.16.